The molecule has 1 aliphatic rings. The second-order valence-corrected chi connectivity index (χ2v) is 4.54. The first-order valence-electron chi connectivity index (χ1n) is 6.34. The lowest BCUT2D eigenvalue weighted by atomic mass is 10.0. The molecule has 1 saturated heterocycles. The van der Waals surface area contributed by atoms with Crippen molar-refractivity contribution in [2.75, 3.05) is 26.8 Å². The van der Waals surface area contributed by atoms with Gasteiger partial charge < -0.3 is 9.84 Å². The van der Waals surface area contributed by atoms with Gasteiger partial charge in [0.2, 0.25) is 0 Å². The largest absolute Gasteiger partial charge is 0.497 e. The molecule has 1 heterocycles. The van der Waals surface area contributed by atoms with E-state index >= 15 is 0 Å². The molecule has 0 radical (unpaired) electrons. The first-order chi connectivity index (χ1) is 8.35. The number of rotatable bonds is 5. The van der Waals surface area contributed by atoms with Crippen LogP contribution < -0.4 is 4.74 Å². The fourth-order valence-corrected chi connectivity index (χ4v) is 2.56. The molecule has 0 aliphatic carbocycles. The summed E-state index contributed by atoms with van der Waals surface area (Å²) in [6, 6.07) is 8.56. The van der Waals surface area contributed by atoms with E-state index in [9.17, 15) is 5.11 Å². The standard InChI is InChI=1S/C14H21NO2/c1-17-13-6-4-12(5-7-13)14(8-11-16)15-9-2-3-10-15/h4-7,14,16H,2-3,8-11H2,1H3. The van der Waals surface area contributed by atoms with Crippen molar-refractivity contribution >= 4 is 0 Å². The van der Waals surface area contributed by atoms with Crippen molar-refractivity contribution in [1.82, 2.24) is 4.90 Å². The second-order valence-electron chi connectivity index (χ2n) is 4.54. The Morgan fingerprint density at radius 1 is 1.24 bits per heavy atom. The Hall–Kier alpha value is -1.06. The second kappa shape index (κ2) is 6.03. The molecule has 3 nitrogen and oxygen atoms in total. The van der Waals surface area contributed by atoms with Crippen molar-refractivity contribution in [3.05, 3.63) is 29.8 Å². The number of methoxy groups -OCH3 is 1. The molecule has 0 aromatic heterocycles. The third kappa shape index (κ3) is 2.99. The van der Waals surface area contributed by atoms with Gasteiger partial charge in [-0.05, 0) is 50.0 Å². The summed E-state index contributed by atoms with van der Waals surface area (Å²) in [5, 5.41) is 9.21. The van der Waals surface area contributed by atoms with Crippen LogP contribution in [0.3, 0.4) is 0 Å². The highest BCUT2D eigenvalue weighted by Gasteiger charge is 2.22. The molecular formula is C14H21NO2. The summed E-state index contributed by atoms with van der Waals surface area (Å²) in [7, 11) is 1.68. The van der Waals surface area contributed by atoms with Gasteiger partial charge in [-0.3, -0.25) is 4.90 Å². The molecule has 17 heavy (non-hydrogen) atoms. The van der Waals surface area contributed by atoms with Crippen molar-refractivity contribution in [3.63, 3.8) is 0 Å². The SMILES string of the molecule is COc1ccc(C(CCO)N2CCCC2)cc1. The first-order valence-corrected chi connectivity index (χ1v) is 6.34. The Bertz CT molecular complexity index is 331. The zero-order valence-electron chi connectivity index (χ0n) is 10.4. The molecule has 94 valence electrons. The van der Waals surface area contributed by atoms with Gasteiger partial charge >= 0.3 is 0 Å². The molecule has 1 aliphatic heterocycles. The molecule has 0 bridgehead atoms. The summed E-state index contributed by atoms with van der Waals surface area (Å²) < 4.78 is 5.17. The summed E-state index contributed by atoms with van der Waals surface area (Å²) in [5.74, 6) is 0.887. The average Bonchev–Trinajstić information content (AvgIpc) is 2.90. The number of benzene rings is 1. The van der Waals surface area contributed by atoms with E-state index in [0.717, 1.165) is 25.3 Å². The molecule has 1 unspecified atom stereocenters. The van der Waals surface area contributed by atoms with Gasteiger partial charge in [0.25, 0.3) is 0 Å². The zero-order valence-corrected chi connectivity index (χ0v) is 10.4. The van der Waals surface area contributed by atoms with Crippen LogP contribution in [0.5, 0.6) is 5.75 Å². The van der Waals surface area contributed by atoms with E-state index in [0.29, 0.717) is 6.04 Å². The van der Waals surface area contributed by atoms with E-state index in [4.69, 9.17) is 4.74 Å². The summed E-state index contributed by atoms with van der Waals surface area (Å²) in [6.45, 7) is 2.54. The minimum Gasteiger partial charge on any atom is -0.497 e. The average molecular weight is 235 g/mol. The lowest BCUT2D eigenvalue weighted by Gasteiger charge is -2.27. The van der Waals surface area contributed by atoms with E-state index in [1.54, 1.807) is 7.11 Å². The number of nitrogens with zero attached hydrogens (tertiary/aromatic N) is 1. The maximum Gasteiger partial charge on any atom is 0.118 e. The van der Waals surface area contributed by atoms with Crippen molar-refractivity contribution in [2.24, 2.45) is 0 Å². The number of ether oxygens (including phenoxy) is 1. The van der Waals surface area contributed by atoms with Crippen molar-refractivity contribution in [2.45, 2.75) is 25.3 Å². The van der Waals surface area contributed by atoms with Crippen LogP contribution in [0.2, 0.25) is 0 Å². The van der Waals surface area contributed by atoms with E-state index in [1.165, 1.54) is 18.4 Å². The van der Waals surface area contributed by atoms with Crippen molar-refractivity contribution in [3.8, 4) is 5.75 Å². The lowest BCUT2D eigenvalue weighted by Crippen LogP contribution is -2.26. The molecule has 1 aromatic rings. The molecule has 1 aromatic carbocycles. The highest BCUT2D eigenvalue weighted by atomic mass is 16.5. The monoisotopic (exact) mass is 235 g/mol. The molecule has 1 N–H and O–H groups in total. The quantitative estimate of drug-likeness (QED) is 0.849. The van der Waals surface area contributed by atoms with Gasteiger partial charge in [-0.15, -0.1) is 0 Å². The molecule has 0 spiro atoms. The Labute approximate surface area is 103 Å². The van der Waals surface area contributed by atoms with Gasteiger partial charge in [0.1, 0.15) is 5.75 Å². The number of aliphatic hydroxyl groups excluding tert-OH is 1. The van der Waals surface area contributed by atoms with Crippen LogP contribution in [0.15, 0.2) is 24.3 Å². The Morgan fingerprint density at radius 2 is 1.88 bits per heavy atom. The molecule has 0 saturated carbocycles. The Morgan fingerprint density at radius 3 is 2.41 bits per heavy atom. The Kier molecular flexibility index (Phi) is 4.40. The molecule has 1 fully saturated rings. The van der Waals surface area contributed by atoms with Gasteiger partial charge in [0.05, 0.1) is 7.11 Å². The number of aliphatic hydroxyl groups is 1. The molecule has 2 rings (SSSR count). The topological polar surface area (TPSA) is 32.7 Å². The Balaban J connectivity index is 2.12. The fraction of sp³-hybridized carbons (Fsp3) is 0.571. The summed E-state index contributed by atoms with van der Waals surface area (Å²) in [5.41, 5.74) is 1.28. The normalized spacial score (nSPS) is 18.2. The third-order valence-corrected chi connectivity index (χ3v) is 3.48. The van der Waals surface area contributed by atoms with Gasteiger partial charge in [0, 0.05) is 12.6 Å². The number of likely N-dealkylation sites (tertiary alicyclic amines) is 1. The van der Waals surface area contributed by atoms with E-state index in [-0.39, 0.29) is 6.61 Å². The van der Waals surface area contributed by atoms with Crippen LogP contribution in [0.4, 0.5) is 0 Å². The minimum atomic E-state index is 0.243. The van der Waals surface area contributed by atoms with Gasteiger partial charge in [-0.2, -0.15) is 0 Å². The lowest BCUT2D eigenvalue weighted by molar-refractivity contribution is 0.185. The van der Waals surface area contributed by atoms with Gasteiger partial charge in [-0.1, -0.05) is 12.1 Å². The zero-order chi connectivity index (χ0) is 12.1. The first kappa shape index (κ1) is 12.4. The predicted molar refractivity (Wildman–Crippen MR) is 68.2 cm³/mol. The van der Waals surface area contributed by atoms with Crippen LogP contribution in [0.1, 0.15) is 30.9 Å². The fourth-order valence-electron chi connectivity index (χ4n) is 2.56. The highest BCUT2D eigenvalue weighted by Crippen LogP contribution is 2.28. The third-order valence-electron chi connectivity index (χ3n) is 3.48. The molecule has 0 amide bonds. The van der Waals surface area contributed by atoms with Crippen LogP contribution in [0, 0.1) is 0 Å². The van der Waals surface area contributed by atoms with E-state index < -0.39 is 0 Å². The van der Waals surface area contributed by atoms with Crippen LogP contribution in [-0.4, -0.2) is 36.8 Å². The van der Waals surface area contributed by atoms with Crippen molar-refractivity contribution < 1.29 is 9.84 Å². The summed E-state index contributed by atoms with van der Waals surface area (Å²) in [4.78, 5) is 2.47. The number of hydrogen-bond donors (Lipinski definition) is 1. The van der Waals surface area contributed by atoms with Crippen LogP contribution in [0.25, 0.3) is 0 Å². The van der Waals surface area contributed by atoms with Gasteiger partial charge in [-0.25, -0.2) is 0 Å². The smallest absolute Gasteiger partial charge is 0.118 e. The maximum atomic E-state index is 9.21. The van der Waals surface area contributed by atoms with Crippen LogP contribution in [-0.2, 0) is 0 Å². The minimum absolute atomic E-state index is 0.243. The summed E-state index contributed by atoms with van der Waals surface area (Å²) in [6.07, 6.45) is 3.36. The van der Waals surface area contributed by atoms with Crippen LogP contribution >= 0.6 is 0 Å². The highest BCUT2D eigenvalue weighted by molar-refractivity contribution is 5.29. The van der Waals surface area contributed by atoms with E-state index in [1.807, 2.05) is 12.1 Å². The molecule has 1 atom stereocenters. The van der Waals surface area contributed by atoms with E-state index in [2.05, 4.69) is 17.0 Å². The van der Waals surface area contributed by atoms with Gasteiger partial charge in [0.15, 0.2) is 0 Å². The molecule has 3 heteroatoms. The number of hydrogen-bond acceptors (Lipinski definition) is 3. The predicted octanol–water partition coefficient (Wildman–Crippen LogP) is 2.21. The van der Waals surface area contributed by atoms with Crippen molar-refractivity contribution in [1.29, 1.82) is 0 Å². The maximum absolute atomic E-state index is 9.21. The molecular weight excluding hydrogens is 214 g/mol. The summed E-state index contributed by atoms with van der Waals surface area (Å²) >= 11 is 0.